The Balaban J connectivity index is 2.83. The summed E-state index contributed by atoms with van der Waals surface area (Å²) in [5.41, 5.74) is 0.525. The van der Waals surface area contributed by atoms with Gasteiger partial charge in [-0.15, -0.1) is 0 Å². The van der Waals surface area contributed by atoms with Crippen molar-refractivity contribution in [3.63, 3.8) is 0 Å². The number of hydrogen-bond acceptors (Lipinski definition) is 3. The second kappa shape index (κ2) is 5.66. The lowest BCUT2D eigenvalue weighted by atomic mass is 10.1. The molecule has 0 heterocycles. The molecule has 0 bridgehead atoms. The molecular formula is C12H10FNO2. The highest BCUT2D eigenvalue weighted by Crippen LogP contribution is 2.10. The summed E-state index contributed by atoms with van der Waals surface area (Å²) in [6.07, 6.45) is 2.70. The van der Waals surface area contributed by atoms with Crippen molar-refractivity contribution in [2.75, 3.05) is 6.61 Å². The standard InChI is InChI=1S/C12H10FNO2/c1-2-16-12(15)6-4-9-3-5-11(13)10(7-9)8-14/h3-7H,2H2,1H3/b6-4+. The van der Waals surface area contributed by atoms with E-state index in [1.165, 1.54) is 30.4 Å². The molecule has 0 radical (unpaired) electrons. The minimum Gasteiger partial charge on any atom is -0.463 e. The molecule has 4 heteroatoms. The van der Waals surface area contributed by atoms with Crippen molar-refractivity contribution in [3.05, 3.63) is 41.2 Å². The van der Waals surface area contributed by atoms with Crippen molar-refractivity contribution in [1.29, 1.82) is 5.26 Å². The average Bonchev–Trinajstić information content (AvgIpc) is 2.28. The van der Waals surface area contributed by atoms with E-state index in [1.54, 1.807) is 13.0 Å². The highest BCUT2D eigenvalue weighted by atomic mass is 19.1. The van der Waals surface area contributed by atoms with E-state index in [-0.39, 0.29) is 5.56 Å². The largest absolute Gasteiger partial charge is 0.463 e. The fourth-order valence-corrected chi connectivity index (χ4v) is 1.09. The molecule has 0 atom stereocenters. The molecule has 0 N–H and O–H groups in total. The van der Waals surface area contributed by atoms with E-state index in [4.69, 9.17) is 5.26 Å². The molecule has 0 aliphatic rings. The first-order valence-electron chi connectivity index (χ1n) is 4.72. The minimum absolute atomic E-state index is 0.0500. The van der Waals surface area contributed by atoms with Crippen LogP contribution in [-0.4, -0.2) is 12.6 Å². The molecule has 16 heavy (non-hydrogen) atoms. The maximum Gasteiger partial charge on any atom is 0.330 e. The summed E-state index contributed by atoms with van der Waals surface area (Å²) in [6.45, 7) is 2.01. The zero-order valence-electron chi connectivity index (χ0n) is 8.74. The number of carbonyl (C=O) groups excluding carboxylic acids is 1. The Kier molecular flexibility index (Phi) is 4.22. The van der Waals surface area contributed by atoms with E-state index >= 15 is 0 Å². The number of nitrogens with zero attached hydrogens (tertiary/aromatic N) is 1. The number of ether oxygens (including phenoxy) is 1. The number of hydrogen-bond donors (Lipinski definition) is 0. The number of carbonyl (C=O) groups is 1. The quantitative estimate of drug-likeness (QED) is 0.578. The summed E-state index contributed by atoms with van der Waals surface area (Å²) in [4.78, 5) is 11.0. The van der Waals surface area contributed by atoms with Crippen molar-refractivity contribution in [1.82, 2.24) is 0 Å². The monoisotopic (exact) mass is 219 g/mol. The Labute approximate surface area is 92.8 Å². The second-order valence-corrected chi connectivity index (χ2v) is 2.94. The van der Waals surface area contributed by atoms with Crippen LogP contribution in [0.2, 0.25) is 0 Å². The Bertz CT molecular complexity index is 461. The van der Waals surface area contributed by atoms with Gasteiger partial charge in [0.15, 0.2) is 0 Å². The molecule has 1 aromatic rings. The summed E-state index contributed by atoms with van der Waals surface area (Å²) in [5.74, 6) is -1.04. The first-order chi connectivity index (χ1) is 7.67. The molecule has 0 aliphatic heterocycles. The Morgan fingerprint density at radius 1 is 1.62 bits per heavy atom. The zero-order valence-corrected chi connectivity index (χ0v) is 8.74. The third-order valence-corrected chi connectivity index (χ3v) is 1.81. The van der Waals surface area contributed by atoms with Gasteiger partial charge >= 0.3 is 5.97 Å². The van der Waals surface area contributed by atoms with E-state index in [9.17, 15) is 9.18 Å². The Morgan fingerprint density at radius 2 is 2.38 bits per heavy atom. The van der Waals surface area contributed by atoms with Gasteiger partial charge in [0.2, 0.25) is 0 Å². The second-order valence-electron chi connectivity index (χ2n) is 2.94. The molecule has 0 unspecified atom stereocenters. The van der Waals surface area contributed by atoms with E-state index in [0.29, 0.717) is 12.2 Å². The van der Waals surface area contributed by atoms with Crippen LogP contribution in [-0.2, 0) is 9.53 Å². The van der Waals surface area contributed by atoms with E-state index in [0.717, 1.165) is 0 Å². The molecular weight excluding hydrogens is 209 g/mol. The van der Waals surface area contributed by atoms with E-state index in [1.807, 2.05) is 0 Å². The highest BCUT2D eigenvalue weighted by Gasteiger charge is 2.01. The SMILES string of the molecule is CCOC(=O)/C=C/c1ccc(F)c(C#N)c1. The summed E-state index contributed by atoms with van der Waals surface area (Å²) in [7, 11) is 0. The van der Waals surface area contributed by atoms with Crippen LogP contribution in [0.25, 0.3) is 6.08 Å². The average molecular weight is 219 g/mol. The molecule has 1 aromatic carbocycles. The van der Waals surface area contributed by atoms with Gasteiger partial charge in [-0.2, -0.15) is 5.26 Å². The third-order valence-electron chi connectivity index (χ3n) is 1.81. The van der Waals surface area contributed by atoms with Crippen LogP contribution in [0.4, 0.5) is 4.39 Å². The summed E-state index contributed by atoms with van der Waals surface area (Å²) in [5, 5.41) is 8.60. The molecule has 0 aliphatic carbocycles. The van der Waals surface area contributed by atoms with Crippen LogP contribution in [0.3, 0.4) is 0 Å². The van der Waals surface area contributed by atoms with Crippen LogP contribution in [0.5, 0.6) is 0 Å². The predicted octanol–water partition coefficient (Wildman–Crippen LogP) is 2.27. The van der Waals surface area contributed by atoms with Gasteiger partial charge in [0.25, 0.3) is 0 Å². The lowest BCUT2D eigenvalue weighted by Crippen LogP contribution is -1.98. The fraction of sp³-hybridized carbons (Fsp3) is 0.167. The Hall–Kier alpha value is -2.15. The number of halogens is 1. The minimum atomic E-state index is -0.573. The molecule has 0 amide bonds. The molecule has 0 saturated heterocycles. The fourth-order valence-electron chi connectivity index (χ4n) is 1.09. The van der Waals surface area contributed by atoms with Crippen molar-refractivity contribution in [3.8, 4) is 6.07 Å². The van der Waals surface area contributed by atoms with E-state index in [2.05, 4.69) is 4.74 Å². The topological polar surface area (TPSA) is 50.1 Å². The predicted molar refractivity (Wildman–Crippen MR) is 56.8 cm³/mol. The van der Waals surface area contributed by atoms with Crippen LogP contribution in [0.1, 0.15) is 18.1 Å². The molecule has 0 spiro atoms. The first kappa shape index (κ1) is 11.9. The normalized spacial score (nSPS) is 10.1. The van der Waals surface area contributed by atoms with Crippen LogP contribution >= 0.6 is 0 Å². The third kappa shape index (κ3) is 3.21. The summed E-state index contributed by atoms with van der Waals surface area (Å²) in [6, 6.07) is 5.75. The smallest absolute Gasteiger partial charge is 0.330 e. The van der Waals surface area contributed by atoms with Crippen LogP contribution in [0.15, 0.2) is 24.3 Å². The first-order valence-corrected chi connectivity index (χ1v) is 4.72. The number of rotatable bonds is 3. The molecule has 1 rings (SSSR count). The molecule has 0 saturated carbocycles. The van der Waals surface area contributed by atoms with Crippen molar-refractivity contribution < 1.29 is 13.9 Å². The highest BCUT2D eigenvalue weighted by molar-refractivity contribution is 5.87. The lowest BCUT2D eigenvalue weighted by Gasteiger charge is -1.97. The Morgan fingerprint density at radius 3 is 3.00 bits per heavy atom. The summed E-state index contributed by atoms with van der Waals surface area (Å²) < 4.78 is 17.6. The molecule has 82 valence electrons. The number of nitriles is 1. The van der Waals surface area contributed by atoms with Crippen LogP contribution in [0, 0.1) is 17.1 Å². The number of benzene rings is 1. The maximum atomic E-state index is 13.0. The summed E-state index contributed by atoms with van der Waals surface area (Å²) >= 11 is 0. The lowest BCUT2D eigenvalue weighted by molar-refractivity contribution is -0.137. The van der Waals surface area contributed by atoms with Crippen molar-refractivity contribution in [2.45, 2.75) is 6.92 Å². The van der Waals surface area contributed by atoms with Gasteiger partial charge in [0.1, 0.15) is 11.9 Å². The van der Waals surface area contributed by atoms with Crippen LogP contribution < -0.4 is 0 Å². The zero-order chi connectivity index (χ0) is 12.0. The molecule has 0 fully saturated rings. The van der Waals surface area contributed by atoms with Crippen molar-refractivity contribution in [2.24, 2.45) is 0 Å². The van der Waals surface area contributed by atoms with Gasteiger partial charge < -0.3 is 4.74 Å². The van der Waals surface area contributed by atoms with Gasteiger partial charge in [-0.25, -0.2) is 9.18 Å². The number of esters is 1. The molecule has 3 nitrogen and oxygen atoms in total. The van der Waals surface area contributed by atoms with Crippen molar-refractivity contribution >= 4 is 12.0 Å². The molecule has 0 aromatic heterocycles. The van der Waals surface area contributed by atoms with Gasteiger partial charge in [-0.1, -0.05) is 6.07 Å². The van der Waals surface area contributed by atoms with Gasteiger partial charge in [0, 0.05) is 6.08 Å². The van der Waals surface area contributed by atoms with Gasteiger partial charge in [-0.3, -0.25) is 0 Å². The van der Waals surface area contributed by atoms with Gasteiger partial charge in [0.05, 0.1) is 12.2 Å². The maximum absolute atomic E-state index is 13.0. The van der Waals surface area contributed by atoms with E-state index < -0.39 is 11.8 Å². The van der Waals surface area contributed by atoms with Gasteiger partial charge in [-0.05, 0) is 30.7 Å².